The number of aliphatic hydroxyl groups is 1. The number of anilines is 1. The zero-order valence-corrected chi connectivity index (χ0v) is 18.8. The number of benzene rings is 2. The van der Waals surface area contributed by atoms with Crippen molar-refractivity contribution in [2.75, 3.05) is 11.9 Å². The predicted molar refractivity (Wildman–Crippen MR) is 123 cm³/mol. The molecule has 1 aliphatic heterocycles. The second-order valence-corrected chi connectivity index (χ2v) is 9.61. The number of aromatic nitrogens is 4. The van der Waals surface area contributed by atoms with Crippen LogP contribution in [0.15, 0.2) is 30.5 Å². The highest BCUT2D eigenvalue weighted by Crippen LogP contribution is 2.48. The Hall–Kier alpha value is -3.26. The average molecular weight is 450 g/mol. The van der Waals surface area contributed by atoms with Crippen molar-refractivity contribution in [2.45, 2.75) is 51.6 Å². The molecule has 8 heteroatoms. The highest BCUT2D eigenvalue weighted by atomic mass is 19.1. The van der Waals surface area contributed by atoms with Crippen molar-refractivity contribution in [3.8, 4) is 16.8 Å². The summed E-state index contributed by atoms with van der Waals surface area (Å²) in [7, 11) is 0. The molecule has 1 aliphatic carbocycles. The van der Waals surface area contributed by atoms with E-state index in [1.165, 1.54) is 18.2 Å². The molecule has 0 atom stereocenters. The topological polar surface area (TPSA) is 67.9 Å². The second kappa shape index (κ2) is 6.87. The molecule has 1 saturated carbocycles. The quantitative estimate of drug-likeness (QED) is 0.460. The third-order valence-corrected chi connectivity index (χ3v) is 6.84. The summed E-state index contributed by atoms with van der Waals surface area (Å²) in [5.74, 6) is 1.13. The number of aliphatic hydroxyl groups excluding tert-OH is 1. The summed E-state index contributed by atoms with van der Waals surface area (Å²) in [6.07, 6.45) is 3.91. The molecular weight excluding hydrogens is 424 g/mol. The maximum absolute atomic E-state index is 15.7. The Morgan fingerprint density at radius 3 is 2.67 bits per heavy atom. The standard InChI is InChI=1S/C25H25F2N5O/c1-13-17(18-10-15(26)11-20-16(18)6-7-31(20)8-9-33)12-19(27)21-22(13)32-23(14-4-5-14)29-30-24(32)25(2,3)28-21/h6-7,10-12,14,28,33H,4-5,8-9H2,1-3H3. The molecule has 170 valence electrons. The van der Waals surface area contributed by atoms with E-state index in [9.17, 15) is 9.50 Å². The predicted octanol–water partition coefficient (Wildman–Crippen LogP) is 5.01. The van der Waals surface area contributed by atoms with E-state index in [2.05, 4.69) is 15.5 Å². The van der Waals surface area contributed by atoms with Crippen molar-refractivity contribution in [3.05, 3.63) is 59.3 Å². The van der Waals surface area contributed by atoms with E-state index in [4.69, 9.17) is 0 Å². The molecule has 0 saturated heterocycles. The maximum atomic E-state index is 15.7. The fraction of sp³-hybridized carbons (Fsp3) is 0.360. The van der Waals surface area contributed by atoms with E-state index in [-0.39, 0.29) is 6.61 Å². The third-order valence-electron chi connectivity index (χ3n) is 6.84. The lowest BCUT2D eigenvalue weighted by Gasteiger charge is -2.35. The average Bonchev–Trinajstić information content (AvgIpc) is 3.38. The molecular formula is C25H25F2N5O. The molecule has 2 aromatic heterocycles. The van der Waals surface area contributed by atoms with E-state index in [1.807, 2.05) is 37.6 Å². The summed E-state index contributed by atoms with van der Waals surface area (Å²) in [6, 6.07) is 6.28. The van der Waals surface area contributed by atoms with Crippen LogP contribution in [0.5, 0.6) is 0 Å². The van der Waals surface area contributed by atoms with Gasteiger partial charge in [-0.05, 0) is 74.6 Å². The van der Waals surface area contributed by atoms with E-state index in [1.54, 1.807) is 4.57 Å². The fourth-order valence-electron chi connectivity index (χ4n) is 5.10. The number of fused-ring (bicyclic) bond motifs is 4. The van der Waals surface area contributed by atoms with Crippen molar-refractivity contribution in [1.82, 2.24) is 19.3 Å². The summed E-state index contributed by atoms with van der Waals surface area (Å²) in [6.45, 7) is 6.18. The molecule has 4 aromatic rings. The van der Waals surface area contributed by atoms with Gasteiger partial charge in [0, 0.05) is 24.0 Å². The molecule has 2 aliphatic rings. The molecule has 3 heterocycles. The maximum Gasteiger partial charge on any atom is 0.162 e. The fourth-order valence-corrected chi connectivity index (χ4v) is 5.10. The number of halogens is 2. The molecule has 0 unspecified atom stereocenters. The third kappa shape index (κ3) is 2.93. The highest BCUT2D eigenvalue weighted by Gasteiger charge is 2.41. The first kappa shape index (κ1) is 20.4. The van der Waals surface area contributed by atoms with Crippen molar-refractivity contribution in [2.24, 2.45) is 0 Å². The lowest BCUT2D eigenvalue weighted by molar-refractivity contribution is 0.278. The largest absolute Gasteiger partial charge is 0.395 e. The van der Waals surface area contributed by atoms with Crippen LogP contribution < -0.4 is 5.32 Å². The van der Waals surface area contributed by atoms with Crippen LogP contribution in [0, 0.1) is 18.6 Å². The van der Waals surface area contributed by atoms with E-state index < -0.39 is 17.2 Å². The number of nitrogens with one attached hydrogen (secondary N) is 1. The van der Waals surface area contributed by atoms with Crippen molar-refractivity contribution >= 4 is 16.6 Å². The molecule has 0 amide bonds. The number of hydrogen-bond donors (Lipinski definition) is 2. The Kier molecular flexibility index (Phi) is 4.24. The van der Waals surface area contributed by atoms with Gasteiger partial charge in [-0.2, -0.15) is 0 Å². The minimum atomic E-state index is -0.588. The van der Waals surface area contributed by atoms with Gasteiger partial charge in [0.05, 0.1) is 29.0 Å². The Morgan fingerprint density at radius 1 is 1.15 bits per heavy atom. The van der Waals surface area contributed by atoms with Crippen LogP contribution in [0.3, 0.4) is 0 Å². The van der Waals surface area contributed by atoms with Crippen LogP contribution in [-0.2, 0) is 12.1 Å². The first-order valence-corrected chi connectivity index (χ1v) is 11.3. The first-order chi connectivity index (χ1) is 15.8. The zero-order chi connectivity index (χ0) is 23.1. The normalized spacial score (nSPS) is 16.5. The highest BCUT2D eigenvalue weighted by molar-refractivity contribution is 5.98. The monoisotopic (exact) mass is 449 g/mol. The van der Waals surface area contributed by atoms with Crippen LogP contribution in [0.2, 0.25) is 0 Å². The van der Waals surface area contributed by atoms with Crippen LogP contribution in [0.25, 0.3) is 27.7 Å². The number of hydrogen-bond acceptors (Lipinski definition) is 4. The van der Waals surface area contributed by atoms with Crippen molar-refractivity contribution in [3.63, 3.8) is 0 Å². The van der Waals surface area contributed by atoms with Gasteiger partial charge in [0.15, 0.2) is 5.82 Å². The second-order valence-electron chi connectivity index (χ2n) is 9.61. The first-order valence-electron chi connectivity index (χ1n) is 11.3. The lowest BCUT2D eigenvalue weighted by atomic mass is 9.92. The van der Waals surface area contributed by atoms with E-state index in [0.717, 1.165) is 35.4 Å². The van der Waals surface area contributed by atoms with Crippen LogP contribution in [-0.4, -0.2) is 31.0 Å². The lowest BCUT2D eigenvalue weighted by Crippen LogP contribution is -2.37. The van der Waals surface area contributed by atoms with Gasteiger partial charge in [-0.15, -0.1) is 10.2 Å². The van der Waals surface area contributed by atoms with Gasteiger partial charge >= 0.3 is 0 Å². The van der Waals surface area contributed by atoms with Gasteiger partial charge in [0.25, 0.3) is 0 Å². The summed E-state index contributed by atoms with van der Waals surface area (Å²) < 4.78 is 34.2. The van der Waals surface area contributed by atoms with Gasteiger partial charge in [0.1, 0.15) is 17.5 Å². The van der Waals surface area contributed by atoms with Crippen LogP contribution in [0.1, 0.15) is 49.8 Å². The van der Waals surface area contributed by atoms with Gasteiger partial charge < -0.3 is 15.0 Å². The summed E-state index contributed by atoms with van der Waals surface area (Å²) in [5, 5.41) is 22.4. The Morgan fingerprint density at radius 2 is 1.94 bits per heavy atom. The van der Waals surface area contributed by atoms with Gasteiger partial charge in [0.2, 0.25) is 0 Å². The Balaban J connectivity index is 1.64. The van der Waals surface area contributed by atoms with Crippen LogP contribution >= 0.6 is 0 Å². The summed E-state index contributed by atoms with van der Waals surface area (Å²) in [4.78, 5) is 0. The smallest absolute Gasteiger partial charge is 0.162 e. The molecule has 1 fully saturated rings. The van der Waals surface area contributed by atoms with Gasteiger partial charge in [-0.25, -0.2) is 8.78 Å². The summed E-state index contributed by atoms with van der Waals surface area (Å²) >= 11 is 0. The van der Waals surface area contributed by atoms with E-state index >= 15 is 4.39 Å². The molecule has 6 rings (SSSR count). The Labute approximate surface area is 189 Å². The SMILES string of the molecule is Cc1c(-c2cc(F)cc3c2ccn3CCO)cc(F)c2c1-n1c(C3CC3)nnc1C(C)(C)N2. The molecule has 2 N–H and O–H groups in total. The Bertz CT molecular complexity index is 1430. The molecule has 2 aromatic carbocycles. The minimum Gasteiger partial charge on any atom is -0.395 e. The summed E-state index contributed by atoms with van der Waals surface area (Å²) in [5.41, 5.74) is 3.27. The van der Waals surface area contributed by atoms with Gasteiger partial charge in [-0.3, -0.25) is 4.57 Å². The van der Waals surface area contributed by atoms with Gasteiger partial charge in [-0.1, -0.05) is 0 Å². The van der Waals surface area contributed by atoms with E-state index in [0.29, 0.717) is 40.5 Å². The molecule has 0 radical (unpaired) electrons. The minimum absolute atomic E-state index is 0.0517. The van der Waals surface area contributed by atoms with Crippen molar-refractivity contribution < 1.29 is 13.9 Å². The number of nitrogens with zero attached hydrogens (tertiary/aromatic N) is 4. The van der Waals surface area contributed by atoms with Crippen molar-refractivity contribution in [1.29, 1.82) is 0 Å². The molecule has 6 nitrogen and oxygen atoms in total. The zero-order valence-electron chi connectivity index (χ0n) is 18.8. The molecule has 0 spiro atoms. The number of rotatable bonds is 4. The molecule has 33 heavy (non-hydrogen) atoms. The van der Waals surface area contributed by atoms with Crippen LogP contribution in [0.4, 0.5) is 14.5 Å². The molecule has 0 bridgehead atoms.